The van der Waals surface area contributed by atoms with Crippen LogP contribution in [-0.4, -0.2) is 43.8 Å². The molecule has 0 radical (unpaired) electrons. The first-order valence-electron chi connectivity index (χ1n) is 9.99. The Morgan fingerprint density at radius 1 is 1.13 bits per heavy atom. The average Bonchev–Trinajstić information content (AvgIpc) is 2.77. The third kappa shape index (κ3) is 5.16. The fraction of sp³-hybridized carbons (Fsp3) is 0.381. The largest absolute Gasteiger partial charge is 0.341 e. The lowest BCUT2D eigenvalue weighted by Gasteiger charge is -2.33. The van der Waals surface area contributed by atoms with Crippen LogP contribution >= 0.6 is 11.6 Å². The lowest BCUT2D eigenvalue weighted by Crippen LogP contribution is -2.45. The second-order valence-electron chi connectivity index (χ2n) is 7.51. The molecule has 10 heteroatoms. The molecule has 2 aromatic rings. The summed E-state index contributed by atoms with van der Waals surface area (Å²) >= 11 is 5.84. The number of rotatable bonds is 7. The van der Waals surface area contributed by atoms with Crippen LogP contribution in [-0.2, 0) is 14.8 Å². The monoisotopic (exact) mass is 465 g/mol. The molecule has 166 valence electrons. The van der Waals surface area contributed by atoms with Crippen molar-refractivity contribution in [1.82, 2.24) is 4.90 Å². The van der Waals surface area contributed by atoms with E-state index in [-0.39, 0.29) is 21.9 Å². The minimum absolute atomic E-state index is 0.0817. The number of hydrogen-bond donors (Lipinski definition) is 0. The van der Waals surface area contributed by atoms with Crippen molar-refractivity contribution in [2.75, 3.05) is 17.9 Å². The summed E-state index contributed by atoms with van der Waals surface area (Å²) in [6.45, 7) is -0.407. The number of amides is 1. The topological polar surface area (TPSA) is 101 Å². The summed E-state index contributed by atoms with van der Waals surface area (Å²) in [5.41, 5.74) is -0.216. The quantitative estimate of drug-likeness (QED) is 0.449. The number of likely N-dealkylation sites (N-methyl/N-ethyl adjacent to an activating group) is 1. The smallest absolute Gasteiger partial charge is 0.289 e. The number of hydrogen-bond acceptors (Lipinski definition) is 5. The molecule has 8 nitrogen and oxygen atoms in total. The highest BCUT2D eigenvalue weighted by atomic mass is 35.5. The van der Waals surface area contributed by atoms with Crippen LogP contribution in [0.3, 0.4) is 0 Å². The van der Waals surface area contributed by atoms with Gasteiger partial charge in [-0.25, -0.2) is 8.42 Å². The number of nitro benzene ring substituents is 1. The van der Waals surface area contributed by atoms with Gasteiger partial charge in [0.05, 0.1) is 15.5 Å². The van der Waals surface area contributed by atoms with Crippen molar-refractivity contribution in [2.45, 2.75) is 43.0 Å². The predicted molar refractivity (Wildman–Crippen MR) is 119 cm³/mol. The van der Waals surface area contributed by atoms with Crippen LogP contribution in [0.15, 0.2) is 53.4 Å². The molecule has 0 aliphatic heterocycles. The van der Waals surface area contributed by atoms with Crippen molar-refractivity contribution in [3.05, 3.63) is 63.7 Å². The number of nitrogens with zero attached hydrogens (tertiary/aromatic N) is 3. The van der Waals surface area contributed by atoms with Crippen molar-refractivity contribution < 1.29 is 18.1 Å². The summed E-state index contributed by atoms with van der Waals surface area (Å²) in [6.07, 6.45) is 5.00. The molecule has 1 aliphatic rings. The van der Waals surface area contributed by atoms with Gasteiger partial charge in [0, 0.05) is 19.2 Å². The molecule has 0 heterocycles. The Morgan fingerprint density at radius 2 is 1.77 bits per heavy atom. The molecule has 1 aliphatic carbocycles. The maximum atomic E-state index is 13.4. The Bertz CT molecular complexity index is 1060. The molecule has 0 bridgehead atoms. The summed E-state index contributed by atoms with van der Waals surface area (Å²) in [5, 5.41) is 11.1. The molecule has 0 aromatic heterocycles. The number of benzene rings is 2. The van der Waals surface area contributed by atoms with E-state index in [4.69, 9.17) is 11.6 Å². The van der Waals surface area contributed by atoms with Gasteiger partial charge in [-0.1, -0.05) is 49.1 Å². The van der Waals surface area contributed by atoms with Gasteiger partial charge in [0.15, 0.2) is 0 Å². The number of sulfonamides is 1. The Labute approximate surface area is 186 Å². The van der Waals surface area contributed by atoms with E-state index in [1.807, 2.05) is 0 Å². The van der Waals surface area contributed by atoms with Crippen LogP contribution in [0.5, 0.6) is 0 Å². The fourth-order valence-corrected chi connectivity index (χ4v) is 5.36. The summed E-state index contributed by atoms with van der Waals surface area (Å²) < 4.78 is 27.9. The summed E-state index contributed by atoms with van der Waals surface area (Å²) in [5.74, 6) is -0.331. The third-order valence-electron chi connectivity index (χ3n) is 5.54. The van der Waals surface area contributed by atoms with E-state index in [0.717, 1.165) is 42.5 Å². The molecular formula is C21H24ClN3O5S. The fourth-order valence-electron chi connectivity index (χ4n) is 3.74. The molecule has 1 fully saturated rings. The predicted octanol–water partition coefficient (Wildman–Crippen LogP) is 4.23. The summed E-state index contributed by atoms with van der Waals surface area (Å²) in [4.78, 5) is 24.8. The van der Waals surface area contributed by atoms with Crippen LogP contribution in [0.2, 0.25) is 5.02 Å². The molecule has 0 unspecified atom stereocenters. The molecule has 1 amide bonds. The molecule has 1 saturated carbocycles. The number of halogens is 1. The molecule has 0 saturated heterocycles. The highest BCUT2D eigenvalue weighted by molar-refractivity contribution is 7.92. The second-order valence-corrected chi connectivity index (χ2v) is 9.78. The van der Waals surface area contributed by atoms with E-state index in [9.17, 15) is 23.3 Å². The van der Waals surface area contributed by atoms with E-state index < -0.39 is 27.2 Å². The van der Waals surface area contributed by atoms with Gasteiger partial charge in [0.25, 0.3) is 15.7 Å². The van der Waals surface area contributed by atoms with Gasteiger partial charge in [-0.15, -0.1) is 0 Å². The first kappa shape index (κ1) is 23.0. The van der Waals surface area contributed by atoms with Crippen molar-refractivity contribution >= 4 is 38.9 Å². The average molecular weight is 466 g/mol. The zero-order valence-electron chi connectivity index (χ0n) is 17.1. The van der Waals surface area contributed by atoms with E-state index in [1.54, 1.807) is 42.3 Å². The zero-order chi connectivity index (χ0) is 22.6. The third-order valence-corrected chi connectivity index (χ3v) is 7.63. The van der Waals surface area contributed by atoms with Crippen LogP contribution in [0.1, 0.15) is 32.1 Å². The highest BCUT2D eigenvalue weighted by Gasteiger charge is 2.31. The number of carbonyl (C=O) groups is 1. The van der Waals surface area contributed by atoms with Gasteiger partial charge in [0.1, 0.15) is 11.6 Å². The van der Waals surface area contributed by atoms with Crippen molar-refractivity contribution in [2.24, 2.45) is 0 Å². The van der Waals surface area contributed by atoms with Crippen molar-refractivity contribution in [3.8, 4) is 0 Å². The zero-order valence-corrected chi connectivity index (χ0v) is 18.7. The first-order chi connectivity index (χ1) is 14.7. The summed E-state index contributed by atoms with van der Waals surface area (Å²) in [6, 6.07) is 11.6. The maximum Gasteiger partial charge on any atom is 0.289 e. The van der Waals surface area contributed by atoms with E-state index in [0.29, 0.717) is 5.69 Å². The van der Waals surface area contributed by atoms with Gasteiger partial charge < -0.3 is 4.90 Å². The van der Waals surface area contributed by atoms with Crippen LogP contribution in [0.25, 0.3) is 0 Å². The van der Waals surface area contributed by atoms with Crippen molar-refractivity contribution in [3.63, 3.8) is 0 Å². The van der Waals surface area contributed by atoms with Gasteiger partial charge in [-0.05, 0) is 37.1 Å². The molecule has 0 N–H and O–H groups in total. The number of carbonyl (C=O) groups excluding carboxylic acids is 1. The van der Waals surface area contributed by atoms with Gasteiger partial charge in [0.2, 0.25) is 5.91 Å². The minimum atomic E-state index is -4.26. The minimum Gasteiger partial charge on any atom is -0.341 e. The normalized spacial score (nSPS) is 14.8. The molecule has 0 spiro atoms. The Hall–Kier alpha value is -2.65. The Kier molecular flexibility index (Phi) is 7.17. The maximum absolute atomic E-state index is 13.4. The molecule has 2 aromatic carbocycles. The van der Waals surface area contributed by atoms with Gasteiger partial charge in [-0.3, -0.25) is 19.2 Å². The van der Waals surface area contributed by atoms with Crippen molar-refractivity contribution in [1.29, 1.82) is 0 Å². The lowest BCUT2D eigenvalue weighted by atomic mass is 9.94. The molecule has 0 atom stereocenters. The van der Waals surface area contributed by atoms with E-state index in [1.165, 1.54) is 12.1 Å². The van der Waals surface area contributed by atoms with Gasteiger partial charge in [-0.2, -0.15) is 0 Å². The number of nitro groups is 1. The molecule has 31 heavy (non-hydrogen) atoms. The van der Waals surface area contributed by atoms with E-state index in [2.05, 4.69) is 0 Å². The van der Waals surface area contributed by atoms with Crippen LogP contribution in [0.4, 0.5) is 11.4 Å². The number of anilines is 1. The van der Waals surface area contributed by atoms with Gasteiger partial charge >= 0.3 is 0 Å². The molecular weight excluding hydrogens is 442 g/mol. The van der Waals surface area contributed by atoms with Crippen LogP contribution < -0.4 is 4.31 Å². The Balaban J connectivity index is 1.96. The highest BCUT2D eigenvalue weighted by Crippen LogP contribution is 2.31. The molecule has 3 rings (SSSR count). The second kappa shape index (κ2) is 9.65. The Morgan fingerprint density at radius 3 is 2.39 bits per heavy atom. The lowest BCUT2D eigenvalue weighted by molar-refractivity contribution is -0.384. The summed E-state index contributed by atoms with van der Waals surface area (Å²) in [7, 11) is -2.57. The standard InChI is InChI=1S/C21H24ClN3O5S/c1-23(16-8-4-2-5-9-16)21(26)15-24(17-10-6-3-7-11-17)31(29,30)18-12-13-19(22)20(14-18)25(27)28/h3,6-7,10-14,16H,2,4-5,8-9,15H2,1H3. The van der Waals surface area contributed by atoms with E-state index >= 15 is 0 Å². The first-order valence-corrected chi connectivity index (χ1v) is 11.8. The van der Waals surface area contributed by atoms with Crippen LogP contribution in [0, 0.1) is 10.1 Å². The SMILES string of the molecule is CN(C(=O)CN(c1ccccc1)S(=O)(=O)c1ccc(Cl)c([N+](=O)[O-])c1)C1CCCCC1. The number of para-hydroxylation sites is 1.